The second-order valence-electron chi connectivity index (χ2n) is 14.7. The zero-order valence-electron chi connectivity index (χ0n) is 40.1. The van der Waals surface area contributed by atoms with E-state index in [-0.39, 0.29) is 16.5 Å². The summed E-state index contributed by atoms with van der Waals surface area (Å²) in [6, 6.07) is 20.2. The summed E-state index contributed by atoms with van der Waals surface area (Å²) in [5.74, 6) is 2.59. The highest BCUT2D eigenvalue weighted by molar-refractivity contribution is 7.92. The summed E-state index contributed by atoms with van der Waals surface area (Å²) < 4.78 is 28.9. The van der Waals surface area contributed by atoms with Crippen molar-refractivity contribution in [1.29, 1.82) is 0 Å². The number of fused-ring (bicyclic) bond motifs is 1. The number of nitrogens with two attached hydrogens (primary N) is 3. The molecule has 0 aliphatic heterocycles. The van der Waals surface area contributed by atoms with Gasteiger partial charge in [-0.05, 0) is 87.4 Å². The highest BCUT2D eigenvalue weighted by Gasteiger charge is 2.18. The molecule has 26 heteroatoms. The van der Waals surface area contributed by atoms with Crippen LogP contribution in [-0.2, 0) is 31.0 Å². The Morgan fingerprint density at radius 3 is 1.51 bits per heavy atom. The van der Waals surface area contributed by atoms with E-state index in [1.807, 2.05) is 37.3 Å². The Morgan fingerprint density at radius 2 is 1.06 bits per heavy atom. The molecule has 0 saturated carbocycles. The van der Waals surface area contributed by atoms with E-state index in [9.17, 15) is 8.42 Å². The molecule has 72 heavy (non-hydrogen) atoms. The number of oxime groups is 3. The Kier molecular flexibility index (Phi) is 18.1. The molecule has 24 nitrogen and oxygen atoms in total. The first-order valence-electron chi connectivity index (χ1n) is 21.4. The lowest BCUT2D eigenvalue weighted by atomic mass is 10.1. The summed E-state index contributed by atoms with van der Waals surface area (Å²) in [7, 11) is 0.500. The van der Waals surface area contributed by atoms with E-state index in [1.165, 1.54) is 82.8 Å². The van der Waals surface area contributed by atoms with Gasteiger partial charge in [0, 0.05) is 17.1 Å². The third kappa shape index (κ3) is 14.2. The number of nitrogens with one attached hydrogen (secondary N) is 4. The van der Waals surface area contributed by atoms with Gasteiger partial charge < -0.3 is 47.7 Å². The Labute approximate surface area is 418 Å². The predicted molar refractivity (Wildman–Crippen MR) is 282 cm³/mol. The number of benzene rings is 3. The van der Waals surface area contributed by atoms with Gasteiger partial charge in [-0.1, -0.05) is 34.5 Å². The summed E-state index contributed by atoms with van der Waals surface area (Å²) in [5, 5.41) is 21.6. The van der Waals surface area contributed by atoms with Crippen molar-refractivity contribution >= 4 is 108 Å². The number of aromatic nitrogens is 9. The minimum Gasteiger partial charge on any atom is -0.399 e. The summed E-state index contributed by atoms with van der Waals surface area (Å²) in [6.07, 6.45) is 10.9. The molecule has 0 unspecified atom stereocenters. The summed E-state index contributed by atoms with van der Waals surface area (Å²) in [4.78, 5) is 51.2. The van der Waals surface area contributed by atoms with Crippen molar-refractivity contribution in [3.8, 4) is 0 Å². The molecule has 0 bridgehead atoms. The predicted octanol–water partition coefficient (Wildman–Crippen LogP) is 7.04. The molecule has 5 heterocycles. The van der Waals surface area contributed by atoms with Gasteiger partial charge in [0.05, 0.1) is 73.0 Å². The van der Waals surface area contributed by atoms with Crippen molar-refractivity contribution in [2.24, 2.45) is 15.5 Å². The SMILES string of the molecule is CCc1ccc(Nc2ncnc(N)c2/C=N/OC)cc1.CO/N=C/c1c(N)ncnc1Nc1ccc(S(=O)(=O)Nc2ncc(C)nc2C)cc1.CO/N=C/c1c(N)ncnc1Nc1ccc2sc(C)nc2c1. The average molecular weight is 1010 g/mol. The van der Waals surface area contributed by atoms with Crippen molar-refractivity contribution in [2.75, 3.05) is 59.2 Å². The zero-order valence-corrected chi connectivity index (χ0v) is 41.7. The lowest BCUT2D eigenvalue weighted by Crippen LogP contribution is -2.15. The fraction of sp³-hybridized carbons (Fsp3) is 0.174. The van der Waals surface area contributed by atoms with Gasteiger partial charge in [-0.2, -0.15) is 0 Å². The molecule has 5 aromatic heterocycles. The van der Waals surface area contributed by atoms with Gasteiger partial charge in [0.2, 0.25) is 0 Å². The summed E-state index contributed by atoms with van der Waals surface area (Å²) in [5.41, 5.74) is 24.9. The first-order valence-corrected chi connectivity index (χ1v) is 23.7. The van der Waals surface area contributed by atoms with Crippen molar-refractivity contribution in [3.05, 3.63) is 131 Å². The molecule has 0 aliphatic rings. The first-order chi connectivity index (χ1) is 34.7. The monoisotopic (exact) mass is 1010 g/mol. The molecule has 0 radical (unpaired) electrons. The van der Waals surface area contributed by atoms with Crippen LogP contribution in [0.4, 0.5) is 57.8 Å². The maximum absolute atomic E-state index is 12.7. The fourth-order valence-electron chi connectivity index (χ4n) is 6.18. The molecule has 8 aromatic rings. The number of rotatable bonds is 16. The van der Waals surface area contributed by atoms with Crippen LogP contribution in [0.3, 0.4) is 0 Å². The van der Waals surface area contributed by atoms with E-state index >= 15 is 0 Å². The number of nitrogens with zero attached hydrogens (tertiary/aromatic N) is 12. The van der Waals surface area contributed by atoms with Crippen molar-refractivity contribution in [3.63, 3.8) is 0 Å². The van der Waals surface area contributed by atoms with Crippen LogP contribution in [0.2, 0.25) is 0 Å². The number of aryl methyl sites for hydroxylation is 4. The van der Waals surface area contributed by atoms with Crippen LogP contribution in [0, 0.1) is 20.8 Å². The van der Waals surface area contributed by atoms with E-state index in [1.54, 1.807) is 37.3 Å². The van der Waals surface area contributed by atoms with Crippen LogP contribution in [-0.4, -0.2) is 93.2 Å². The third-order valence-electron chi connectivity index (χ3n) is 9.71. The fourth-order valence-corrected chi connectivity index (χ4v) is 8.06. The highest BCUT2D eigenvalue weighted by Crippen LogP contribution is 2.28. The number of thiazole rings is 1. The van der Waals surface area contributed by atoms with Gasteiger partial charge in [0.15, 0.2) is 5.82 Å². The molecule has 0 amide bonds. The van der Waals surface area contributed by atoms with E-state index in [0.29, 0.717) is 62.9 Å². The molecule has 0 fully saturated rings. The average Bonchev–Trinajstić information content (AvgIpc) is 3.74. The molecule has 10 N–H and O–H groups in total. The zero-order chi connectivity index (χ0) is 51.6. The standard InChI is InChI=1S/C18H20N8O3S.C14H14N6OS.C14H17N5O/c1-11-8-20-17(12(2)24-11)26-30(27,28)14-6-4-13(5-7-14)25-18-15(9-23-29-3)16(19)21-10-22-18;1-8-19-11-5-9(3-4-12(11)22-8)20-14-10(6-18-21-2)13(15)16-7-17-14;1-3-10-4-6-11(7-5-10)19-14-12(8-18-20-2)13(15)16-9-17-14/h4-10H,1-3H3,(H,20,26)(H3,19,21,22,25);3-7H,1-2H3,(H3,15,16,17,20);4-9H,3H2,1-2H3,(H3,15,16,17,19)/b23-9+;18-6+;18-8+. The second-order valence-corrected chi connectivity index (χ2v) is 17.6. The highest BCUT2D eigenvalue weighted by atomic mass is 32.2. The molecule has 3 aromatic carbocycles. The van der Waals surface area contributed by atoms with Gasteiger partial charge >= 0.3 is 0 Å². The maximum atomic E-state index is 12.7. The van der Waals surface area contributed by atoms with Crippen LogP contribution >= 0.6 is 11.3 Å². The number of anilines is 10. The molecule has 8 rings (SSSR count). The Bertz CT molecular complexity index is 3300. The number of nitrogen functional groups attached to an aromatic ring is 3. The lowest BCUT2D eigenvalue weighted by molar-refractivity contribution is 0.215. The Balaban J connectivity index is 0.000000181. The van der Waals surface area contributed by atoms with E-state index in [4.69, 9.17) is 17.2 Å². The molecule has 0 aliphatic carbocycles. The molecular formula is C46H51N19O5S2. The van der Waals surface area contributed by atoms with E-state index in [0.717, 1.165) is 33.0 Å². The third-order valence-corrected chi connectivity index (χ3v) is 12.0. The Morgan fingerprint density at radius 1 is 0.597 bits per heavy atom. The van der Waals surface area contributed by atoms with Gasteiger partial charge in [-0.3, -0.25) is 9.71 Å². The van der Waals surface area contributed by atoms with Gasteiger partial charge in [0.1, 0.15) is 75.2 Å². The van der Waals surface area contributed by atoms with E-state index < -0.39 is 10.0 Å². The maximum Gasteiger partial charge on any atom is 0.263 e. The number of hydrogen-bond acceptors (Lipinski definition) is 24. The first kappa shape index (κ1) is 52.2. The smallest absolute Gasteiger partial charge is 0.263 e. The lowest BCUT2D eigenvalue weighted by Gasteiger charge is -2.12. The van der Waals surface area contributed by atoms with Gasteiger partial charge in [0.25, 0.3) is 10.0 Å². The van der Waals surface area contributed by atoms with Crippen molar-refractivity contribution in [2.45, 2.75) is 39.0 Å². The van der Waals surface area contributed by atoms with Gasteiger partial charge in [-0.15, -0.1) is 11.3 Å². The summed E-state index contributed by atoms with van der Waals surface area (Å²) >= 11 is 1.66. The van der Waals surface area contributed by atoms with Crippen molar-refractivity contribution in [1.82, 2.24) is 44.9 Å². The Hall–Kier alpha value is -9.17. The molecule has 0 atom stereocenters. The summed E-state index contributed by atoms with van der Waals surface area (Å²) in [6.45, 7) is 7.57. The largest absolute Gasteiger partial charge is 0.399 e. The van der Waals surface area contributed by atoms with Gasteiger partial charge in [-0.25, -0.2) is 48.3 Å². The molecule has 372 valence electrons. The number of sulfonamides is 1. The van der Waals surface area contributed by atoms with Crippen molar-refractivity contribution < 1.29 is 22.9 Å². The van der Waals surface area contributed by atoms with Crippen LogP contribution in [0.15, 0.2) is 112 Å². The van der Waals surface area contributed by atoms with E-state index in [2.05, 4.69) is 115 Å². The molecular weight excluding hydrogens is 963 g/mol. The van der Waals surface area contributed by atoms with Crippen LogP contribution < -0.4 is 37.9 Å². The minimum atomic E-state index is -3.83. The topological polar surface area (TPSA) is 341 Å². The molecule has 0 saturated heterocycles. The quantitative estimate of drug-likeness (QED) is 0.0377. The minimum absolute atomic E-state index is 0.0678. The van der Waals surface area contributed by atoms with Crippen LogP contribution in [0.5, 0.6) is 0 Å². The normalized spacial score (nSPS) is 11.2. The van der Waals surface area contributed by atoms with Crippen LogP contribution in [0.1, 0.15) is 45.6 Å². The molecule has 0 spiro atoms. The van der Waals surface area contributed by atoms with Crippen LogP contribution in [0.25, 0.3) is 10.2 Å². The number of hydrogen-bond donors (Lipinski definition) is 7. The second kappa shape index (κ2) is 24.9.